The summed E-state index contributed by atoms with van der Waals surface area (Å²) in [6.45, 7) is 11.3. The quantitative estimate of drug-likeness (QED) is 0.714. The molecule has 0 fully saturated rings. The lowest BCUT2D eigenvalue weighted by atomic mass is 9.87. The average Bonchev–Trinajstić information content (AvgIpc) is 2.56. The van der Waals surface area contributed by atoms with Crippen molar-refractivity contribution < 1.29 is 0 Å². The predicted octanol–water partition coefficient (Wildman–Crippen LogP) is 4.78. The highest BCUT2D eigenvalue weighted by Gasteiger charge is 2.17. The maximum atomic E-state index is 3.59. The van der Waals surface area contributed by atoms with E-state index in [-0.39, 0.29) is 0 Å². The molecule has 1 aromatic heterocycles. The van der Waals surface area contributed by atoms with E-state index in [4.69, 9.17) is 0 Å². The molecule has 0 spiro atoms. The number of rotatable bonds is 7. The van der Waals surface area contributed by atoms with Crippen molar-refractivity contribution in [2.75, 3.05) is 13.1 Å². The molecule has 3 heteroatoms. The molecule has 0 aliphatic heterocycles. The largest absolute Gasteiger partial charge is 0.316 e. The van der Waals surface area contributed by atoms with Crippen LogP contribution >= 0.6 is 27.3 Å². The van der Waals surface area contributed by atoms with Gasteiger partial charge < -0.3 is 5.32 Å². The van der Waals surface area contributed by atoms with E-state index < -0.39 is 0 Å². The van der Waals surface area contributed by atoms with Crippen LogP contribution in [0.1, 0.15) is 43.4 Å². The molecule has 0 saturated heterocycles. The van der Waals surface area contributed by atoms with Crippen molar-refractivity contribution in [3.05, 3.63) is 20.3 Å². The highest BCUT2D eigenvalue weighted by molar-refractivity contribution is 9.10. The highest BCUT2D eigenvalue weighted by atomic mass is 79.9. The van der Waals surface area contributed by atoms with Gasteiger partial charge in [-0.15, -0.1) is 11.3 Å². The number of hydrogen-bond acceptors (Lipinski definition) is 2. The van der Waals surface area contributed by atoms with E-state index in [1.165, 1.54) is 33.5 Å². The summed E-state index contributed by atoms with van der Waals surface area (Å²) in [7, 11) is 0. The Hall–Kier alpha value is 0.140. The summed E-state index contributed by atoms with van der Waals surface area (Å²) >= 11 is 5.50. The molecule has 0 atom stereocenters. The van der Waals surface area contributed by atoms with Crippen LogP contribution in [0.2, 0.25) is 0 Å². The van der Waals surface area contributed by atoms with Crippen LogP contribution in [0.4, 0.5) is 0 Å². The molecule has 1 heterocycles. The molecule has 1 N–H and O–H groups in total. The van der Waals surface area contributed by atoms with Crippen molar-refractivity contribution in [1.82, 2.24) is 5.32 Å². The highest BCUT2D eigenvalue weighted by Crippen LogP contribution is 2.30. The topological polar surface area (TPSA) is 12.0 Å². The Labute approximate surface area is 118 Å². The third-order valence-electron chi connectivity index (χ3n) is 2.99. The first kappa shape index (κ1) is 15.2. The number of aryl methyl sites for hydroxylation is 2. The fraction of sp³-hybridized carbons (Fsp3) is 0.714. The molecule has 0 aromatic carbocycles. The smallest absolute Gasteiger partial charge is 0.0314 e. The van der Waals surface area contributed by atoms with Gasteiger partial charge in [0.2, 0.25) is 0 Å². The lowest BCUT2D eigenvalue weighted by Crippen LogP contribution is -2.30. The van der Waals surface area contributed by atoms with Gasteiger partial charge in [-0.2, -0.15) is 0 Å². The van der Waals surface area contributed by atoms with E-state index in [2.05, 4.69) is 55.0 Å². The minimum absolute atomic E-state index is 0.388. The molecule has 1 rings (SSSR count). The molecule has 0 radical (unpaired) electrons. The number of halogens is 1. The van der Waals surface area contributed by atoms with E-state index in [0.717, 1.165) is 13.1 Å². The van der Waals surface area contributed by atoms with Gasteiger partial charge in [-0.05, 0) is 60.1 Å². The second-order valence-corrected chi connectivity index (χ2v) is 7.65. The van der Waals surface area contributed by atoms with Crippen LogP contribution in [0.3, 0.4) is 0 Å². The summed E-state index contributed by atoms with van der Waals surface area (Å²) in [6.07, 6.45) is 3.65. The van der Waals surface area contributed by atoms with Gasteiger partial charge in [-0.3, -0.25) is 0 Å². The van der Waals surface area contributed by atoms with Crippen molar-refractivity contribution in [1.29, 1.82) is 0 Å². The second-order valence-electron chi connectivity index (χ2n) is 5.46. The Morgan fingerprint density at radius 2 is 2.12 bits per heavy atom. The van der Waals surface area contributed by atoms with Gasteiger partial charge in [0, 0.05) is 20.8 Å². The minimum atomic E-state index is 0.388. The van der Waals surface area contributed by atoms with Gasteiger partial charge in [-0.1, -0.05) is 20.8 Å². The van der Waals surface area contributed by atoms with Crippen LogP contribution in [-0.4, -0.2) is 13.1 Å². The number of hydrogen-bond donors (Lipinski definition) is 1. The van der Waals surface area contributed by atoms with Crippen molar-refractivity contribution in [3.63, 3.8) is 0 Å². The van der Waals surface area contributed by atoms with Crippen molar-refractivity contribution in [2.24, 2.45) is 5.41 Å². The van der Waals surface area contributed by atoms with E-state index in [9.17, 15) is 0 Å². The minimum Gasteiger partial charge on any atom is -0.316 e. The van der Waals surface area contributed by atoms with Gasteiger partial charge in [0.1, 0.15) is 0 Å². The zero-order valence-electron chi connectivity index (χ0n) is 11.4. The van der Waals surface area contributed by atoms with E-state index in [1.54, 1.807) is 0 Å². The molecule has 0 aliphatic carbocycles. The molecule has 17 heavy (non-hydrogen) atoms. The average molecular weight is 318 g/mol. The third-order valence-corrected chi connectivity index (χ3v) is 5.18. The molecule has 98 valence electrons. The summed E-state index contributed by atoms with van der Waals surface area (Å²) in [5.74, 6) is 0. The fourth-order valence-electron chi connectivity index (χ4n) is 1.79. The Bertz CT molecular complexity index is 324. The van der Waals surface area contributed by atoms with Crippen LogP contribution in [0.15, 0.2) is 10.5 Å². The molecule has 0 amide bonds. The van der Waals surface area contributed by atoms with Crippen molar-refractivity contribution in [2.45, 2.75) is 47.0 Å². The summed E-state index contributed by atoms with van der Waals surface area (Å²) in [4.78, 5) is 2.89. The second kappa shape index (κ2) is 6.91. The molecule has 0 saturated carbocycles. The fourth-order valence-corrected chi connectivity index (χ4v) is 3.40. The monoisotopic (exact) mass is 317 g/mol. The van der Waals surface area contributed by atoms with Gasteiger partial charge in [0.15, 0.2) is 0 Å². The summed E-state index contributed by atoms with van der Waals surface area (Å²) in [5.41, 5.74) is 0.388. The summed E-state index contributed by atoms with van der Waals surface area (Å²) in [6, 6.07) is 2.27. The Kier molecular flexibility index (Phi) is 6.18. The van der Waals surface area contributed by atoms with Crippen LogP contribution in [-0.2, 0) is 6.42 Å². The first-order valence-electron chi connectivity index (χ1n) is 6.40. The number of nitrogens with one attached hydrogen (secondary N) is 1. The zero-order valence-corrected chi connectivity index (χ0v) is 13.8. The third kappa shape index (κ3) is 5.54. The van der Waals surface area contributed by atoms with E-state index >= 15 is 0 Å². The summed E-state index contributed by atoms with van der Waals surface area (Å²) in [5, 5.41) is 3.52. The van der Waals surface area contributed by atoms with Gasteiger partial charge in [0.05, 0.1) is 0 Å². The van der Waals surface area contributed by atoms with E-state index in [0.29, 0.717) is 5.41 Å². The zero-order chi connectivity index (χ0) is 12.9. The molecule has 1 aromatic rings. The number of thiophene rings is 1. The Morgan fingerprint density at radius 3 is 2.65 bits per heavy atom. The van der Waals surface area contributed by atoms with Crippen LogP contribution < -0.4 is 5.32 Å². The lowest BCUT2D eigenvalue weighted by molar-refractivity contribution is 0.316. The van der Waals surface area contributed by atoms with Crippen LogP contribution in [0, 0.1) is 12.3 Å². The predicted molar refractivity (Wildman–Crippen MR) is 82.0 cm³/mol. The maximum Gasteiger partial charge on any atom is 0.0314 e. The Morgan fingerprint density at radius 1 is 1.41 bits per heavy atom. The molecule has 0 bridgehead atoms. The maximum absolute atomic E-state index is 3.59. The molecule has 0 aliphatic rings. The first-order valence-corrected chi connectivity index (χ1v) is 8.01. The Balaban J connectivity index is 2.38. The van der Waals surface area contributed by atoms with Gasteiger partial charge in [-0.25, -0.2) is 0 Å². The standard InChI is InChI=1S/C14H24BrNS/c1-5-8-16-10-14(3,4)7-6-12-9-13(15)11(2)17-12/h9,16H,5-8,10H2,1-4H3. The normalized spacial score (nSPS) is 12.1. The first-order chi connectivity index (χ1) is 7.94. The molecular weight excluding hydrogens is 294 g/mol. The van der Waals surface area contributed by atoms with Gasteiger partial charge >= 0.3 is 0 Å². The van der Waals surface area contributed by atoms with Crippen molar-refractivity contribution in [3.8, 4) is 0 Å². The molecule has 1 nitrogen and oxygen atoms in total. The lowest BCUT2D eigenvalue weighted by Gasteiger charge is -2.24. The van der Waals surface area contributed by atoms with Crippen LogP contribution in [0.5, 0.6) is 0 Å². The van der Waals surface area contributed by atoms with Gasteiger partial charge in [0.25, 0.3) is 0 Å². The van der Waals surface area contributed by atoms with Crippen molar-refractivity contribution >= 4 is 27.3 Å². The molecule has 0 unspecified atom stereocenters. The summed E-state index contributed by atoms with van der Waals surface area (Å²) < 4.78 is 1.26. The SMILES string of the molecule is CCCNCC(C)(C)CCc1cc(Br)c(C)s1. The molecular formula is C14H24BrNS. The van der Waals surface area contributed by atoms with Crippen LogP contribution in [0.25, 0.3) is 0 Å². The van der Waals surface area contributed by atoms with E-state index in [1.807, 2.05) is 11.3 Å².